The van der Waals surface area contributed by atoms with Crippen LogP contribution in [0.1, 0.15) is 9.88 Å². The number of nitrogens with zero attached hydrogens (tertiary/aromatic N) is 1. The molecule has 1 aliphatic rings. The Morgan fingerprint density at radius 3 is 3.07 bits per heavy atom. The lowest BCUT2D eigenvalue weighted by molar-refractivity contribution is -0.126. The Kier molecular flexibility index (Phi) is 2.79. The fourth-order valence-corrected chi connectivity index (χ4v) is 1.99. The normalized spacial score (nSPS) is 16.4. The number of aromatic nitrogens is 1. The molecule has 0 spiro atoms. The van der Waals surface area contributed by atoms with E-state index in [0.717, 1.165) is 18.1 Å². The average molecular weight is 211 g/mol. The second kappa shape index (κ2) is 4.06. The number of hydrogen-bond acceptors (Lipinski definition) is 4. The van der Waals surface area contributed by atoms with Gasteiger partial charge >= 0.3 is 0 Å². The Labute approximate surface area is 86.7 Å². The molecule has 0 atom stereocenters. The van der Waals surface area contributed by atoms with Crippen LogP contribution in [0.2, 0.25) is 0 Å². The Balaban J connectivity index is 1.79. The zero-order valence-electron chi connectivity index (χ0n) is 8.04. The molecular weight excluding hydrogens is 198 g/mol. The van der Waals surface area contributed by atoms with E-state index in [1.54, 1.807) is 11.3 Å². The van der Waals surface area contributed by atoms with Crippen LogP contribution < -0.4 is 10.6 Å². The van der Waals surface area contributed by atoms with Gasteiger partial charge in [-0.05, 0) is 6.92 Å². The van der Waals surface area contributed by atoms with E-state index in [2.05, 4.69) is 15.6 Å². The van der Waals surface area contributed by atoms with Gasteiger partial charge in [-0.3, -0.25) is 4.79 Å². The molecule has 1 saturated heterocycles. The second-order valence-corrected chi connectivity index (χ2v) is 4.76. The van der Waals surface area contributed by atoms with Crippen molar-refractivity contribution in [1.82, 2.24) is 15.6 Å². The summed E-state index contributed by atoms with van der Waals surface area (Å²) in [6.07, 6.45) is 1.83. The molecule has 0 aliphatic carbocycles. The predicted molar refractivity (Wildman–Crippen MR) is 55.1 cm³/mol. The van der Waals surface area contributed by atoms with Crippen molar-refractivity contribution >= 4 is 17.2 Å². The Hall–Kier alpha value is -0.940. The first kappa shape index (κ1) is 9.61. The van der Waals surface area contributed by atoms with Gasteiger partial charge in [0.2, 0.25) is 5.91 Å². The Morgan fingerprint density at radius 1 is 1.79 bits per heavy atom. The Bertz CT molecular complexity index is 333. The van der Waals surface area contributed by atoms with E-state index < -0.39 is 0 Å². The number of amides is 1. The summed E-state index contributed by atoms with van der Waals surface area (Å²) in [4.78, 5) is 16.8. The maximum absolute atomic E-state index is 11.4. The van der Waals surface area contributed by atoms with E-state index in [0.29, 0.717) is 6.54 Å². The van der Waals surface area contributed by atoms with Gasteiger partial charge in [-0.1, -0.05) is 0 Å². The molecule has 5 heteroatoms. The summed E-state index contributed by atoms with van der Waals surface area (Å²) in [5.41, 5.74) is 0. The number of carbonyl (C=O) groups is 1. The minimum atomic E-state index is 0.136. The highest BCUT2D eigenvalue weighted by molar-refractivity contribution is 7.11. The molecule has 1 aromatic rings. The molecule has 2 rings (SSSR count). The van der Waals surface area contributed by atoms with Gasteiger partial charge in [0.1, 0.15) is 5.01 Å². The maximum atomic E-state index is 11.4. The van der Waals surface area contributed by atoms with Crippen LogP contribution in [0.3, 0.4) is 0 Å². The quantitative estimate of drug-likeness (QED) is 0.755. The highest BCUT2D eigenvalue weighted by Gasteiger charge is 2.24. The summed E-state index contributed by atoms with van der Waals surface area (Å²) in [5, 5.41) is 6.93. The van der Waals surface area contributed by atoms with Gasteiger partial charge in [-0.25, -0.2) is 4.98 Å². The third kappa shape index (κ3) is 2.10. The fourth-order valence-electron chi connectivity index (χ4n) is 1.26. The number of thiazole rings is 1. The Morgan fingerprint density at radius 2 is 2.57 bits per heavy atom. The predicted octanol–water partition coefficient (Wildman–Crippen LogP) is 0.287. The van der Waals surface area contributed by atoms with Gasteiger partial charge in [0.05, 0.1) is 12.5 Å². The van der Waals surface area contributed by atoms with Crippen LogP contribution >= 0.6 is 11.3 Å². The number of hydrogen-bond donors (Lipinski definition) is 2. The molecule has 14 heavy (non-hydrogen) atoms. The molecule has 1 fully saturated rings. The van der Waals surface area contributed by atoms with Crippen molar-refractivity contribution < 1.29 is 4.79 Å². The summed E-state index contributed by atoms with van der Waals surface area (Å²) in [5.74, 6) is 0.299. The monoisotopic (exact) mass is 211 g/mol. The van der Waals surface area contributed by atoms with E-state index in [9.17, 15) is 4.79 Å². The highest BCUT2D eigenvalue weighted by Crippen LogP contribution is 2.11. The lowest BCUT2D eigenvalue weighted by Gasteiger charge is -2.25. The number of aryl methyl sites for hydroxylation is 1. The van der Waals surface area contributed by atoms with Crippen molar-refractivity contribution in [3.8, 4) is 0 Å². The molecule has 2 N–H and O–H groups in total. The first-order valence-electron chi connectivity index (χ1n) is 4.65. The maximum Gasteiger partial charge on any atom is 0.226 e. The number of carbonyl (C=O) groups excluding carboxylic acids is 1. The molecule has 4 nitrogen and oxygen atoms in total. The van der Waals surface area contributed by atoms with Crippen molar-refractivity contribution in [2.45, 2.75) is 13.5 Å². The topological polar surface area (TPSA) is 54.0 Å². The molecule has 0 unspecified atom stereocenters. The van der Waals surface area contributed by atoms with Crippen LogP contribution in [0.4, 0.5) is 0 Å². The molecule has 76 valence electrons. The van der Waals surface area contributed by atoms with Gasteiger partial charge < -0.3 is 10.6 Å². The van der Waals surface area contributed by atoms with Gasteiger partial charge in [0, 0.05) is 24.2 Å². The van der Waals surface area contributed by atoms with Crippen LogP contribution in [-0.2, 0) is 11.3 Å². The summed E-state index contributed by atoms with van der Waals surface area (Å²) in [7, 11) is 0. The third-order valence-electron chi connectivity index (χ3n) is 2.24. The summed E-state index contributed by atoms with van der Waals surface area (Å²) >= 11 is 1.63. The summed E-state index contributed by atoms with van der Waals surface area (Å²) in [6, 6.07) is 0. The smallest absolute Gasteiger partial charge is 0.226 e. The largest absolute Gasteiger partial charge is 0.349 e. The second-order valence-electron chi connectivity index (χ2n) is 3.44. The molecule has 1 aromatic heterocycles. The molecule has 0 radical (unpaired) electrons. The van der Waals surface area contributed by atoms with Crippen molar-refractivity contribution in [3.63, 3.8) is 0 Å². The minimum Gasteiger partial charge on any atom is -0.349 e. The van der Waals surface area contributed by atoms with Crippen LogP contribution in [0.15, 0.2) is 6.20 Å². The first-order chi connectivity index (χ1) is 6.75. The average Bonchev–Trinajstić information content (AvgIpc) is 2.45. The zero-order chi connectivity index (χ0) is 9.97. The molecule has 1 aliphatic heterocycles. The summed E-state index contributed by atoms with van der Waals surface area (Å²) < 4.78 is 0. The molecule has 2 heterocycles. The highest BCUT2D eigenvalue weighted by atomic mass is 32.1. The molecule has 1 amide bonds. The lowest BCUT2D eigenvalue weighted by atomic mass is 10.0. The minimum absolute atomic E-state index is 0.136. The van der Waals surface area contributed by atoms with Gasteiger partial charge in [-0.15, -0.1) is 11.3 Å². The zero-order valence-corrected chi connectivity index (χ0v) is 8.86. The number of rotatable bonds is 3. The van der Waals surface area contributed by atoms with Crippen LogP contribution in [0.25, 0.3) is 0 Å². The molecular formula is C9H13N3OS. The van der Waals surface area contributed by atoms with Crippen LogP contribution in [0.5, 0.6) is 0 Å². The van der Waals surface area contributed by atoms with Crippen molar-refractivity contribution in [1.29, 1.82) is 0 Å². The molecule has 0 saturated carbocycles. The van der Waals surface area contributed by atoms with E-state index >= 15 is 0 Å². The fraction of sp³-hybridized carbons (Fsp3) is 0.556. The standard InChI is InChI=1S/C9H13N3OS/c1-6-2-11-8(14-6)5-12-9(13)7-3-10-4-7/h2,7,10H,3-5H2,1H3,(H,12,13). The van der Waals surface area contributed by atoms with E-state index in [1.165, 1.54) is 4.88 Å². The van der Waals surface area contributed by atoms with Crippen LogP contribution in [0, 0.1) is 12.8 Å². The van der Waals surface area contributed by atoms with Gasteiger partial charge in [-0.2, -0.15) is 0 Å². The number of nitrogens with one attached hydrogen (secondary N) is 2. The van der Waals surface area contributed by atoms with Crippen molar-refractivity contribution in [2.24, 2.45) is 5.92 Å². The third-order valence-corrected chi connectivity index (χ3v) is 3.15. The van der Waals surface area contributed by atoms with E-state index in [-0.39, 0.29) is 11.8 Å². The van der Waals surface area contributed by atoms with Crippen molar-refractivity contribution in [3.05, 3.63) is 16.1 Å². The molecule has 0 aromatic carbocycles. The van der Waals surface area contributed by atoms with Crippen molar-refractivity contribution in [2.75, 3.05) is 13.1 Å². The van der Waals surface area contributed by atoms with E-state index in [4.69, 9.17) is 0 Å². The van der Waals surface area contributed by atoms with Gasteiger partial charge in [0.15, 0.2) is 0 Å². The molecule has 0 bridgehead atoms. The van der Waals surface area contributed by atoms with E-state index in [1.807, 2.05) is 13.1 Å². The lowest BCUT2D eigenvalue weighted by Crippen LogP contribution is -2.50. The van der Waals surface area contributed by atoms with Crippen LogP contribution in [-0.4, -0.2) is 24.0 Å². The first-order valence-corrected chi connectivity index (χ1v) is 5.47. The van der Waals surface area contributed by atoms with Gasteiger partial charge in [0.25, 0.3) is 0 Å². The SMILES string of the molecule is Cc1cnc(CNC(=O)C2CNC2)s1. The summed E-state index contributed by atoms with van der Waals surface area (Å²) in [6.45, 7) is 4.19.